The molecule has 0 amide bonds. The van der Waals surface area contributed by atoms with Gasteiger partial charge in [0.1, 0.15) is 0 Å². The van der Waals surface area contributed by atoms with Crippen LogP contribution in [0.5, 0.6) is 0 Å². The number of rotatable bonds is 8. The smallest absolute Gasteiger partial charge is 0.0736 e. The van der Waals surface area contributed by atoms with E-state index >= 15 is 0 Å². The predicted octanol–water partition coefficient (Wildman–Crippen LogP) is 1.48. The van der Waals surface area contributed by atoms with Crippen LogP contribution in [-0.4, -0.2) is 24.8 Å². The zero-order valence-electron chi connectivity index (χ0n) is 9.82. The predicted molar refractivity (Wildman–Crippen MR) is 62.9 cm³/mol. The average Bonchev–Trinajstić information content (AvgIpc) is 2.34. The Bertz CT molecular complexity index is 292. The SMILES string of the molecule is CCCOCCOCc1cccnc1CN. The van der Waals surface area contributed by atoms with Crippen molar-refractivity contribution in [1.82, 2.24) is 4.98 Å². The van der Waals surface area contributed by atoms with E-state index in [1.807, 2.05) is 12.1 Å². The van der Waals surface area contributed by atoms with E-state index in [0.717, 1.165) is 24.3 Å². The van der Waals surface area contributed by atoms with Crippen LogP contribution in [0.15, 0.2) is 18.3 Å². The molecule has 0 aliphatic carbocycles. The van der Waals surface area contributed by atoms with Crippen molar-refractivity contribution >= 4 is 0 Å². The molecule has 0 bridgehead atoms. The summed E-state index contributed by atoms with van der Waals surface area (Å²) in [6, 6.07) is 3.88. The Kier molecular flexibility index (Phi) is 6.72. The second-order valence-electron chi connectivity index (χ2n) is 3.48. The van der Waals surface area contributed by atoms with E-state index in [1.165, 1.54) is 0 Å². The first kappa shape index (κ1) is 13.1. The molecule has 1 aromatic rings. The van der Waals surface area contributed by atoms with Crippen molar-refractivity contribution < 1.29 is 9.47 Å². The molecule has 0 saturated carbocycles. The van der Waals surface area contributed by atoms with Gasteiger partial charge in [0.05, 0.1) is 25.5 Å². The number of pyridine rings is 1. The Morgan fingerprint density at radius 2 is 2.06 bits per heavy atom. The highest BCUT2D eigenvalue weighted by atomic mass is 16.5. The summed E-state index contributed by atoms with van der Waals surface area (Å²) in [5.41, 5.74) is 7.53. The van der Waals surface area contributed by atoms with Gasteiger partial charge in [0.25, 0.3) is 0 Å². The van der Waals surface area contributed by atoms with Crippen molar-refractivity contribution in [1.29, 1.82) is 0 Å². The van der Waals surface area contributed by atoms with Crippen LogP contribution < -0.4 is 5.73 Å². The minimum atomic E-state index is 0.450. The van der Waals surface area contributed by atoms with Gasteiger partial charge in [0, 0.05) is 24.9 Å². The fraction of sp³-hybridized carbons (Fsp3) is 0.583. The monoisotopic (exact) mass is 224 g/mol. The number of hydrogen-bond donors (Lipinski definition) is 1. The first-order valence-electron chi connectivity index (χ1n) is 5.66. The van der Waals surface area contributed by atoms with Gasteiger partial charge in [-0.3, -0.25) is 4.98 Å². The van der Waals surface area contributed by atoms with E-state index in [4.69, 9.17) is 15.2 Å². The van der Waals surface area contributed by atoms with Crippen molar-refractivity contribution in [3.63, 3.8) is 0 Å². The third kappa shape index (κ3) is 4.70. The summed E-state index contributed by atoms with van der Waals surface area (Å²) >= 11 is 0. The van der Waals surface area contributed by atoms with Gasteiger partial charge in [-0.05, 0) is 12.5 Å². The molecule has 0 fully saturated rings. The van der Waals surface area contributed by atoms with Crippen LogP contribution in [-0.2, 0) is 22.6 Å². The molecule has 90 valence electrons. The molecule has 0 unspecified atom stereocenters. The maximum atomic E-state index is 5.58. The fourth-order valence-electron chi connectivity index (χ4n) is 1.33. The molecule has 0 aliphatic rings. The van der Waals surface area contributed by atoms with E-state index in [-0.39, 0.29) is 0 Å². The summed E-state index contributed by atoms with van der Waals surface area (Å²) in [7, 11) is 0. The summed E-state index contributed by atoms with van der Waals surface area (Å²) < 4.78 is 10.8. The Labute approximate surface area is 96.8 Å². The topological polar surface area (TPSA) is 57.4 Å². The van der Waals surface area contributed by atoms with Crippen molar-refractivity contribution in [3.05, 3.63) is 29.6 Å². The zero-order valence-corrected chi connectivity index (χ0v) is 9.82. The Morgan fingerprint density at radius 3 is 2.81 bits per heavy atom. The first-order chi connectivity index (χ1) is 7.88. The van der Waals surface area contributed by atoms with Crippen LogP contribution in [0.2, 0.25) is 0 Å². The van der Waals surface area contributed by atoms with Gasteiger partial charge in [0.2, 0.25) is 0 Å². The average molecular weight is 224 g/mol. The second-order valence-corrected chi connectivity index (χ2v) is 3.48. The van der Waals surface area contributed by atoms with Crippen LogP contribution in [0.25, 0.3) is 0 Å². The minimum Gasteiger partial charge on any atom is -0.379 e. The van der Waals surface area contributed by atoms with E-state index < -0.39 is 0 Å². The number of aromatic nitrogens is 1. The highest BCUT2D eigenvalue weighted by Crippen LogP contribution is 2.05. The van der Waals surface area contributed by atoms with Gasteiger partial charge < -0.3 is 15.2 Å². The van der Waals surface area contributed by atoms with E-state index in [2.05, 4.69) is 11.9 Å². The maximum absolute atomic E-state index is 5.58. The summed E-state index contributed by atoms with van der Waals surface area (Å²) in [6.45, 7) is 5.14. The van der Waals surface area contributed by atoms with Gasteiger partial charge in [-0.25, -0.2) is 0 Å². The lowest BCUT2D eigenvalue weighted by Crippen LogP contribution is -2.08. The molecule has 0 radical (unpaired) electrons. The lowest BCUT2D eigenvalue weighted by molar-refractivity contribution is 0.0405. The summed E-state index contributed by atoms with van der Waals surface area (Å²) in [6.07, 6.45) is 2.79. The number of hydrogen-bond acceptors (Lipinski definition) is 4. The number of nitrogens with two attached hydrogens (primary N) is 1. The molecule has 0 aromatic carbocycles. The van der Waals surface area contributed by atoms with Crippen LogP contribution in [0.4, 0.5) is 0 Å². The lowest BCUT2D eigenvalue weighted by atomic mass is 10.2. The van der Waals surface area contributed by atoms with Gasteiger partial charge in [0.15, 0.2) is 0 Å². The normalized spacial score (nSPS) is 10.6. The molecule has 2 N–H and O–H groups in total. The van der Waals surface area contributed by atoms with Crippen LogP contribution in [0.1, 0.15) is 24.6 Å². The van der Waals surface area contributed by atoms with Crippen molar-refractivity contribution in [3.8, 4) is 0 Å². The molecule has 4 nitrogen and oxygen atoms in total. The highest BCUT2D eigenvalue weighted by Gasteiger charge is 2.00. The molecule has 0 spiro atoms. The van der Waals surface area contributed by atoms with Gasteiger partial charge in [-0.15, -0.1) is 0 Å². The Balaban J connectivity index is 2.21. The summed E-state index contributed by atoms with van der Waals surface area (Å²) in [4.78, 5) is 4.19. The van der Waals surface area contributed by atoms with Crippen LogP contribution in [0, 0.1) is 0 Å². The number of nitrogens with zero attached hydrogens (tertiary/aromatic N) is 1. The van der Waals surface area contributed by atoms with Gasteiger partial charge in [-0.2, -0.15) is 0 Å². The fourth-order valence-corrected chi connectivity index (χ4v) is 1.33. The van der Waals surface area contributed by atoms with Crippen molar-refractivity contribution in [2.24, 2.45) is 5.73 Å². The molecule has 4 heteroatoms. The molecule has 1 aromatic heterocycles. The zero-order chi connectivity index (χ0) is 11.6. The van der Waals surface area contributed by atoms with Gasteiger partial charge >= 0.3 is 0 Å². The van der Waals surface area contributed by atoms with Crippen LogP contribution in [0.3, 0.4) is 0 Å². The van der Waals surface area contributed by atoms with Gasteiger partial charge in [-0.1, -0.05) is 13.0 Å². The number of ether oxygens (including phenoxy) is 2. The first-order valence-corrected chi connectivity index (χ1v) is 5.66. The molecule has 0 atom stereocenters. The summed E-state index contributed by atoms with van der Waals surface area (Å²) in [5, 5.41) is 0. The largest absolute Gasteiger partial charge is 0.379 e. The van der Waals surface area contributed by atoms with E-state index in [0.29, 0.717) is 26.4 Å². The standard InChI is InChI=1S/C12H20N2O2/c1-2-6-15-7-8-16-10-11-4-3-5-14-12(11)9-13/h3-5H,2,6-10,13H2,1H3. The third-order valence-electron chi connectivity index (χ3n) is 2.16. The Morgan fingerprint density at radius 1 is 1.25 bits per heavy atom. The molecular formula is C12H20N2O2. The molecule has 16 heavy (non-hydrogen) atoms. The quantitative estimate of drug-likeness (QED) is 0.680. The van der Waals surface area contributed by atoms with Crippen LogP contribution >= 0.6 is 0 Å². The molecule has 0 aliphatic heterocycles. The second kappa shape index (κ2) is 8.21. The van der Waals surface area contributed by atoms with Crippen molar-refractivity contribution in [2.45, 2.75) is 26.5 Å². The molecular weight excluding hydrogens is 204 g/mol. The molecule has 1 rings (SSSR count). The molecule has 1 heterocycles. The highest BCUT2D eigenvalue weighted by molar-refractivity contribution is 5.18. The maximum Gasteiger partial charge on any atom is 0.0736 e. The molecule has 0 saturated heterocycles. The third-order valence-corrected chi connectivity index (χ3v) is 2.16. The van der Waals surface area contributed by atoms with E-state index in [9.17, 15) is 0 Å². The summed E-state index contributed by atoms with van der Waals surface area (Å²) in [5.74, 6) is 0. The van der Waals surface area contributed by atoms with Crippen molar-refractivity contribution in [2.75, 3.05) is 19.8 Å². The minimum absolute atomic E-state index is 0.450. The van der Waals surface area contributed by atoms with E-state index in [1.54, 1.807) is 6.20 Å². The Hall–Kier alpha value is -0.970. The lowest BCUT2D eigenvalue weighted by Gasteiger charge is -2.07.